The molecule has 1 aliphatic rings. The van der Waals surface area contributed by atoms with Crippen molar-refractivity contribution in [2.45, 2.75) is 26.2 Å². The number of fused-ring (bicyclic) bond motifs is 1. The van der Waals surface area contributed by atoms with Crippen LogP contribution in [-0.2, 0) is 12.8 Å². The number of nitrogens with one attached hydrogen (secondary N) is 1. The van der Waals surface area contributed by atoms with E-state index >= 15 is 0 Å². The van der Waals surface area contributed by atoms with Gasteiger partial charge < -0.3 is 10.2 Å². The molecule has 1 unspecified atom stereocenters. The molecule has 0 spiro atoms. The van der Waals surface area contributed by atoms with E-state index in [1.165, 1.54) is 24.1 Å². The Hall–Kier alpha value is -1.09. The first-order valence-corrected chi connectivity index (χ1v) is 6.55. The molecule has 1 heterocycles. The van der Waals surface area contributed by atoms with Crippen LogP contribution in [0.5, 0.6) is 0 Å². The number of rotatable bonds is 5. The summed E-state index contributed by atoms with van der Waals surface area (Å²) in [6.07, 6.45) is 3.64. The molecule has 1 aromatic rings. The fourth-order valence-electron chi connectivity index (χ4n) is 2.60. The molecule has 0 amide bonds. The first-order chi connectivity index (χ1) is 8.20. The van der Waals surface area contributed by atoms with E-state index in [1.807, 2.05) is 7.05 Å². The summed E-state index contributed by atoms with van der Waals surface area (Å²) in [5, 5.41) is 3.22. The average Bonchev–Trinajstić information content (AvgIpc) is 2.75. The third-order valence-electron chi connectivity index (χ3n) is 3.44. The predicted molar refractivity (Wildman–Crippen MR) is 72.6 cm³/mol. The van der Waals surface area contributed by atoms with Gasteiger partial charge in [-0.3, -0.25) is 0 Å². The number of nitrogens with zero attached hydrogens (tertiary/aromatic N) is 2. The summed E-state index contributed by atoms with van der Waals surface area (Å²) >= 11 is 0. The number of anilines is 1. The maximum atomic E-state index is 4.77. The summed E-state index contributed by atoms with van der Waals surface area (Å²) in [4.78, 5) is 7.04. The standard InChI is InChI=1S/C14H23N3/c1-11(9-15-2)10-17(3)14-8-7-12-5-4-6-13(12)16-14/h7-8,11,15H,4-6,9-10H2,1-3H3. The van der Waals surface area contributed by atoms with Crippen molar-refractivity contribution >= 4 is 5.82 Å². The average molecular weight is 233 g/mol. The predicted octanol–water partition coefficient (Wildman–Crippen LogP) is 1.86. The maximum absolute atomic E-state index is 4.77. The second kappa shape index (κ2) is 5.50. The van der Waals surface area contributed by atoms with Gasteiger partial charge in [0, 0.05) is 19.3 Å². The monoisotopic (exact) mass is 233 g/mol. The molecule has 94 valence electrons. The molecule has 1 aliphatic carbocycles. The minimum Gasteiger partial charge on any atom is -0.359 e. The highest BCUT2D eigenvalue weighted by Crippen LogP contribution is 2.23. The lowest BCUT2D eigenvalue weighted by atomic mass is 10.1. The van der Waals surface area contributed by atoms with E-state index in [2.05, 4.69) is 36.3 Å². The highest BCUT2D eigenvalue weighted by Gasteiger charge is 2.14. The molecule has 17 heavy (non-hydrogen) atoms. The molecule has 0 saturated heterocycles. The van der Waals surface area contributed by atoms with E-state index in [0.717, 1.165) is 25.3 Å². The van der Waals surface area contributed by atoms with Crippen molar-refractivity contribution < 1.29 is 0 Å². The van der Waals surface area contributed by atoms with Crippen molar-refractivity contribution in [2.75, 3.05) is 32.1 Å². The van der Waals surface area contributed by atoms with Crippen LogP contribution in [0.1, 0.15) is 24.6 Å². The van der Waals surface area contributed by atoms with Gasteiger partial charge in [-0.1, -0.05) is 13.0 Å². The molecular formula is C14H23N3. The molecule has 0 aromatic carbocycles. The van der Waals surface area contributed by atoms with Crippen LogP contribution < -0.4 is 10.2 Å². The Morgan fingerprint density at radius 1 is 1.41 bits per heavy atom. The van der Waals surface area contributed by atoms with Crippen LogP contribution in [-0.4, -0.2) is 32.2 Å². The lowest BCUT2D eigenvalue weighted by Crippen LogP contribution is -2.30. The topological polar surface area (TPSA) is 28.2 Å². The Morgan fingerprint density at radius 2 is 2.24 bits per heavy atom. The summed E-state index contributed by atoms with van der Waals surface area (Å²) < 4.78 is 0. The van der Waals surface area contributed by atoms with Crippen LogP contribution in [0.4, 0.5) is 5.82 Å². The SMILES string of the molecule is CNCC(C)CN(C)c1ccc2c(n1)CCC2. The Kier molecular flexibility index (Phi) is 4.00. The third-order valence-corrected chi connectivity index (χ3v) is 3.44. The van der Waals surface area contributed by atoms with Crippen molar-refractivity contribution in [3.63, 3.8) is 0 Å². The normalized spacial score (nSPS) is 15.7. The molecule has 1 N–H and O–H groups in total. The molecule has 0 fully saturated rings. The van der Waals surface area contributed by atoms with Gasteiger partial charge in [0.15, 0.2) is 0 Å². The van der Waals surface area contributed by atoms with Gasteiger partial charge in [0.1, 0.15) is 5.82 Å². The van der Waals surface area contributed by atoms with Crippen LogP contribution in [0.15, 0.2) is 12.1 Å². The van der Waals surface area contributed by atoms with E-state index in [-0.39, 0.29) is 0 Å². The van der Waals surface area contributed by atoms with E-state index in [4.69, 9.17) is 4.98 Å². The second-order valence-corrected chi connectivity index (χ2v) is 5.17. The largest absolute Gasteiger partial charge is 0.359 e. The van der Waals surface area contributed by atoms with E-state index < -0.39 is 0 Å². The van der Waals surface area contributed by atoms with Crippen molar-refractivity contribution in [3.05, 3.63) is 23.4 Å². The molecule has 0 saturated carbocycles. The lowest BCUT2D eigenvalue weighted by Gasteiger charge is -2.22. The number of hydrogen-bond acceptors (Lipinski definition) is 3. The second-order valence-electron chi connectivity index (χ2n) is 5.17. The number of aromatic nitrogens is 1. The first kappa shape index (κ1) is 12.4. The van der Waals surface area contributed by atoms with Crippen LogP contribution in [0.3, 0.4) is 0 Å². The summed E-state index contributed by atoms with van der Waals surface area (Å²) in [5.74, 6) is 1.76. The van der Waals surface area contributed by atoms with Gasteiger partial charge in [0.2, 0.25) is 0 Å². The van der Waals surface area contributed by atoms with Gasteiger partial charge in [-0.05, 0) is 50.4 Å². The van der Waals surface area contributed by atoms with Gasteiger partial charge in [-0.2, -0.15) is 0 Å². The Labute approximate surface area is 104 Å². The van der Waals surface area contributed by atoms with E-state index in [0.29, 0.717) is 5.92 Å². The zero-order valence-electron chi connectivity index (χ0n) is 11.2. The maximum Gasteiger partial charge on any atom is 0.128 e. The van der Waals surface area contributed by atoms with E-state index in [9.17, 15) is 0 Å². The molecule has 0 bridgehead atoms. The summed E-state index contributed by atoms with van der Waals surface area (Å²) in [5.41, 5.74) is 2.76. The fraction of sp³-hybridized carbons (Fsp3) is 0.643. The highest BCUT2D eigenvalue weighted by molar-refractivity contribution is 5.42. The van der Waals surface area contributed by atoms with Crippen molar-refractivity contribution in [1.82, 2.24) is 10.3 Å². The van der Waals surface area contributed by atoms with Gasteiger partial charge in [-0.15, -0.1) is 0 Å². The van der Waals surface area contributed by atoms with E-state index in [1.54, 1.807) is 0 Å². The van der Waals surface area contributed by atoms with Crippen LogP contribution >= 0.6 is 0 Å². The van der Waals surface area contributed by atoms with Gasteiger partial charge >= 0.3 is 0 Å². The molecular weight excluding hydrogens is 210 g/mol. The summed E-state index contributed by atoms with van der Waals surface area (Å²) in [6.45, 7) is 4.36. The molecule has 3 heteroatoms. The van der Waals surface area contributed by atoms with Crippen LogP contribution in [0, 0.1) is 5.92 Å². The minimum absolute atomic E-state index is 0.639. The Morgan fingerprint density at radius 3 is 3.00 bits per heavy atom. The number of pyridine rings is 1. The van der Waals surface area contributed by atoms with Crippen molar-refractivity contribution in [2.24, 2.45) is 5.92 Å². The molecule has 1 atom stereocenters. The van der Waals surface area contributed by atoms with Crippen LogP contribution in [0.2, 0.25) is 0 Å². The zero-order chi connectivity index (χ0) is 12.3. The van der Waals surface area contributed by atoms with Gasteiger partial charge in [0.05, 0.1) is 0 Å². The van der Waals surface area contributed by atoms with Crippen molar-refractivity contribution in [3.8, 4) is 0 Å². The van der Waals surface area contributed by atoms with Gasteiger partial charge in [-0.25, -0.2) is 4.98 Å². The first-order valence-electron chi connectivity index (χ1n) is 6.55. The van der Waals surface area contributed by atoms with Crippen LogP contribution in [0.25, 0.3) is 0 Å². The smallest absolute Gasteiger partial charge is 0.128 e. The lowest BCUT2D eigenvalue weighted by molar-refractivity contribution is 0.540. The zero-order valence-corrected chi connectivity index (χ0v) is 11.2. The Bertz CT molecular complexity index is 376. The number of aryl methyl sites for hydroxylation is 2. The number of hydrogen-bond donors (Lipinski definition) is 1. The molecule has 2 rings (SSSR count). The molecule has 0 aliphatic heterocycles. The fourth-order valence-corrected chi connectivity index (χ4v) is 2.60. The quantitative estimate of drug-likeness (QED) is 0.841. The van der Waals surface area contributed by atoms with Crippen molar-refractivity contribution in [1.29, 1.82) is 0 Å². The molecule has 3 nitrogen and oxygen atoms in total. The minimum atomic E-state index is 0.639. The highest BCUT2D eigenvalue weighted by atomic mass is 15.2. The molecule has 1 aromatic heterocycles. The Balaban J connectivity index is 2.01. The third kappa shape index (κ3) is 2.97. The summed E-state index contributed by atoms with van der Waals surface area (Å²) in [7, 11) is 4.14. The molecule has 0 radical (unpaired) electrons. The van der Waals surface area contributed by atoms with Gasteiger partial charge in [0.25, 0.3) is 0 Å². The summed E-state index contributed by atoms with van der Waals surface area (Å²) in [6, 6.07) is 4.42.